The first-order chi connectivity index (χ1) is 9.29. The van der Waals surface area contributed by atoms with E-state index in [2.05, 4.69) is 4.99 Å². The maximum absolute atomic E-state index is 13.0. The molecule has 1 aromatic rings. The lowest BCUT2D eigenvalue weighted by atomic mass is 9.71. The lowest BCUT2D eigenvalue weighted by Gasteiger charge is -2.39. The number of hydrogen-bond donors (Lipinski definition) is 0. The molecule has 3 rings (SSSR count). The molecule has 0 saturated heterocycles. The third kappa shape index (κ3) is 1.90. The number of alkyl halides is 1. The third-order valence-corrected chi connectivity index (χ3v) is 3.80. The first kappa shape index (κ1) is 12.2. The molecule has 0 unspecified atom stereocenters. The number of nitrogens with zero attached hydrogens (tertiary/aromatic N) is 1. The van der Waals surface area contributed by atoms with Crippen LogP contribution in [-0.4, -0.2) is 19.3 Å². The SMILES string of the molecule is O=C=NC1(c2cc(CF)cc3c2OCCO3)CCC1. The van der Waals surface area contributed by atoms with Crippen molar-refractivity contribution in [2.45, 2.75) is 31.5 Å². The molecule has 0 amide bonds. The summed E-state index contributed by atoms with van der Waals surface area (Å²) in [5, 5.41) is 0. The smallest absolute Gasteiger partial charge is 0.235 e. The van der Waals surface area contributed by atoms with Crippen LogP contribution < -0.4 is 9.47 Å². The summed E-state index contributed by atoms with van der Waals surface area (Å²) in [4.78, 5) is 14.6. The van der Waals surface area contributed by atoms with Crippen LogP contribution in [0.3, 0.4) is 0 Å². The molecule has 19 heavy (non-hydrogen) atoms. The minimum atomic E-state index is -0.599. The van der Waals surface area contributed by atoms with E-state index in [1.807, 2.05) is 0 Å². The van der Waals surface area contributed by atoms with Crippen LogP contribution in [0.4, 0.5) is 4.39 Å². The minimum absolute atomic E-state index is 0.451. The standard InChI is InChI=1S/C14H14FNO3/c15-8-10-6-11(14(16-9-17)2-1-3-14)13-12(7-10)18-4-5-19-13/h6-7H,1-5,8H2. The monoisotopic (exact) mass is 263 g/mol. The number of fused-ring (bicyclic) bond motifs is 1. The highest BCUT2D eigenvalue weighted by Crippen LogP contribution is 2.51. The zero-order valence-corrected chi connectivity index (χ0v) is 10.4. The van der Waals surface area contributed by atoms with Crippen molar-refractivity contribution in [2.24, 2.45) is 4.99 Å². The Labute approximate surface area is 110 Å². The van der Waals surface area contributed by atoms with Gasteiger partial charge in [-0.25, -0.2) is 9.18 Å². The molecular formula is C14H14FNO3. The molecule has 5 heteroatoms. The molecule has 2 aliphatic rings. The number of halogens is 1. The summed E-state index contributed by atoms with van der Waals surface area (Å²) < 4.78 is 24.1. The highest BCUT2D eigenvalue weighted by atomic mass is 19.1. The Hall–Kier alpha value is -1.87. The lowest BCUT2D eigenvalue weighted by Crippen LogP contribution is -2.33. The first-order valence-corrected chi connectivity index (χ1v) is 6.37. The maximum atomic E-state index is 13.0. The van der Waals surface area contributed by atoms with E-state index in [-0.39, 0.29) is 0 Å². The highest BCUT2D eigenvalue weighted by Gasteiger charge is 2.42. The summed E-state index contributed by atoms with van der Waals surface area (Å²) in [6.07, 6.45) is 4.14. The van der Waals surface area contributed by atoms with Gasteiger partial charge in [0, 0.05) is 5.56 Å². The summed E-state index contributed by atoms with van der Waals surface area (Å²) in [6, 6.07) is 3.38. The van der Waals surface area contributed by atoms with Crippen molar-refractivity contribution in [3.63, 3.8) is 0 Å². The number of isocyanates is 1. The van der Waals surface area contributed by atoms with E-state index < -0.39 is 12.2 Å². The average Bonchev–Trinajstić information content (AvgIpc) is 2.41. The molecule has 1 aliphatic heterocycles. The molecule has 100 valence electrons. The van der Waals surface area contributed by atoms with Gasteiger partial charge in [-0.3, -0.25) is 0 Å². The second-order valence-electron chi connectivity index (χ2n) is 4.89. The highest BCUT2D eigenvalue weighted by molar-refractivity contribution is 5.55. The molecule has 4 nitrogen and oxygen atoms in total. The fourth-order valence-corrected chi connectivity index (χ4v) is 2.67. The number of aliphatic imine (C=N–C) groups is 1. The summed E-state index contributed by atoms with van der Waals surface area (Å²) in [6.45, 7) is 0.326. The molecule has 1 heterocycles. The minimum Gasteiger partial charge on any atom is -0.486 e. The van der Waals surface area contributed by atoms with Gasteiger partial charge in [0.2, 0.25) is 6.08 Å². The first-order valence-electron chi connectivity index (χ1n) is 6.37. The van der Waals surface area contributed by atoms with Crippen LogP contribution in [-0.2, 0) is 17.0 Å². The number of ether oxygens (including phenoxy) is 2. The molecule has 0 radical (unpaired) electrons. The zero-order valence-electron chi connectivity index (χ0n) is 10.4. The van der Waals surface area contributed by atoms with Crippen molar-refractivity contribution < 1.29 is 18.7 Å². The van der Waals surface area contributed by atoms with E-state index in [0.717, 1.165) is 24.8 Å². The van der Waals surface area contributed by atoms with Gasteiger partial charge in [0.25, 0.3) is 0 Å². The van der Waals surface area contributed by atoms with Crippen LogP contribution >= 0.6 is 0 Å². The number of rotatable bonds is 3. The van der Waals surface area contributed by atoms with Crippen molar-refractivity contribution in [3.05, 3.63) is 23.3 Å². The average molecular weight is 263 g/mol. The summed E-state index contributed by atoms with van der Waals surface area (Å²) in [7, 11) is 0. The lowest BCUT2D eigenvalue weighted by molar-refractivity contribution is 0.159. The van der Waals surface area contributed by atoms with Crippen molar-refractivity contribution in [3.8, 4) is 11.5 Å². The van der Waals surface area contributed by atoms with Gasteiger partial charge in [0.15, 0.2) is 11.5 Å². The van der Waals surface area contributed by atoms with Crippen molar-refractivity contribution >= 4 is 6.08 Å². The second kappa shape index (κ2) is 4.67. The van der Waals surface area contributed by atoms with Crippen molar-refractivity contribution in [1.29, 1.82) is 0 Å². The Bertz CT molecular complexity index is 548. The molecule has 0 spiro atoms. The van der Waals surface area contributed by atoms with E-state index in [9.17, 15) is 9.18 Å². The molecule has 0 bridgehead atoms. The van der Waals surface area contributed by atoms with Gasteiger partial charge < -0.3 is 9.47 Å². The number of hydrogen-bond acceptors (Lipinski definition) is 4. The molecule has 0 atom stereocenters. The summed E-state index contributed by atoms with van der Waals surface area (Å²) >= 11 is 0. The predicted octanol–water partition coefficient (Wildman–Crippen LogP) is 2.64. The van der Waals surface area contributed by atoms with Crippen LogP contribution in [0.2, 0.25) is 0 Å². The van der Waals surface area contributed by atoms with Crippen LogP contribution in [0.1, 0.15) is 30.4 Å². The van der Waals surface area contributed by atoms with E-state index in [1.54, 1.807) is 18.2 Å². The molecule has 1 aliphatic carbocycles. The molecular weight excluding hydrogens is 249 g/mol. The molecule has 0 aromatic heterocycles. The molecule has 0 N–H and O–H groups in total. The van der Waals surface area contributed by atoms with Gasteiger partial charge in [-0.2, -0.15) is 4.99 Å². The quantitative estimate of drug-likeness (QED) is 0.622. The van der Waals surface area contributed by atoms with Crippen LogP contribution in [0.25, 0.3) is 0 Å². The molecule has 1 saturated carbocycles. The van der Waals surface area contributed by atoms with E-state index >= 15 is 0 Å². The Morgan fingerprint density at radius 2 is 2.11 bits per heavy atom. The predicted molar refractivity (Wildman–Crippen MR) is 65.9 cm³/mol. The van der Waals surface area contributed by atoms with Crippen molar-refractivity contribution in [2.75, 3.05) is 13.2 Å². The molecule has 1 fully saturated rings. The number of benzene rings is 1. The fourth-order valence-electron chi connectivity index (χ4n) is 2.67. The van der Waals surface area contributed by atoms with Crippen LogP contribution in [0.15, 0.2) is 17.1 Å². The van der Waals surface area contributed by atoms with Crippen LogP contribution in [0, 0.1) is 0 Å². The fraction of sp³-hybridized carbons (Fsp3) is 0.500. The Morgan fingerprint density at radius 3 is 2.74 bits per heavy atom. The van der Waals surface area contributed by atoms with Gasteiger partial charge in [-0.05, 0) is 37.0 Å². The third-order valence-electron chi connectivity index (χ3n) is 3.80. The van der Waals surface area contributed by atoms with E-state index in [4.69, 9.17) is 9.47 Å². The second-order valence-corrected chi connectivity index (χ2v) is 4.89. The Balaban J connectivity index is 2.15. The normalized spacial score (nSPS) is 19.2. The molecule has 1 aromatic carbocycles. The summed E-state index contributed by atoms with van der Waals surface area (Å²) in [5.41, 5.74) is 0.677. The summed E-state index contributed by atoms with van der Waals surface area (Å²) in [5.74, 6) is 1.14. The van der Waals surface area contributed by atoms with Gasteiger partial charge in [-0.15, -0.1) is 0 Å². The van der Waals surface area contributed by atoms with E-state index in [1.165, 1.54) is 0 Å². The topological polar surface area (TPSA) is 47.9 Å². The van der Waals surface area contributed by atoms with Crippen LogP contribution in [0.5, 0.6) is 11.5 Å². The Kier molecular flexibility index (Phi) is 2.99. The van der Waals surface area contributed by atoms with E-state index in [0.29, 0.717) is 30.3 Å². The maximum Gasteiger partial charge on any atom is 0.235 e. The van der Waals surface area contributed by atoms with Gasteiger partial charge in [0.05, 0.1) is 0 Å². The van der Waals surface area contributed by atoms with Gasteiger partial charge >= 0.3 is 0 Å². The number of carbonyl (C=O) groups excluding carboxylic acids is 1. The largest absolute Gasteiger partial charge is 0.486 e. The zero-order chi connectivity index (χ0) is 13.3. The van der Waals surface area contributed by atoms with Gasteiger partial charge in [-0.1, -0.05) is 0 Å². The van der Waals surface area contributed by atoms with Gasteiger partial charge in [0.1, 0.15) is 25.4 Å². The Morgan fingerprint density at radius 1 is 1.32 bits per heavy atom. The van der Waals surface area contributed by atoms with Crippen molar-refractivity contribution in [1.82, 2.24) is 0 Å².